The Balaban J connectivity index is 2.66. The summed E-state index contributed by atoms with van der Waals surface area (Å²) in [4.78, 5) is 0.792. The Morgan fingerprint density at radius 1 is 1.45 bits per heavy atom. The molecule has 0 aromatic heterocycles. The lowest BCUT2D eigenvalue weighted by Crippen LogP contribution is -2.38. The van der Waals surface area contributed by atoms with Crippen molar-refractivity contribution in [2.75, 3.05) is 6.54 Å². The molecule has 0 radical (unpaired) electrons. The second-order valence-electron chi connectivity index (χ2n) is 2.49. The summed E-state index contributed by atoms with van der Waals surface area (Å²) in [7, 11) is 0. The second-order valence-corrected chi connectivity index (χ2v) is 2.49. The summed E-state index contributed by atoms with van der Waals surface area (Å²) >= 11 is 0. The number of nitriles is 1. The van der Waals surface area contributed by atoms with E-state index in [9.17, 15) is 13.2 Å². The molecule has 0 bridgehead atoms. The summed E-state index contributed by atoms with van der Waals surface area (Å²) in [6, 6.07) is -1.53. The van der Waals surface area contributed by atoms with E-state index in [4.69, 9.17) is 5.26 Å². The lowest BCUT2D eigenvalue weighted by molar-refractivity contribution is -0.168. The smallest absolute Gasteiger partial charge is 0.298 e. The molecule has 1 rings (SSSR count). The quantitative estimate of drug-likeness (QED) is 0.507. The van der Waals surface area contributed by atoms with Gasteiger partial charge in [-0.3, -0.25) is 4.90 Å². The molecule has 62 valence electrons. The van der Waals surface area contributed by atoms with Crippen LogP contribution in [-0.4, -0.2) is 23.7 Å². The van der Waals surface area contributed by atoms with Crippen LogP contribution in [0, 0.1) is 11.5 Å². The molecule has 1 aliphatic rings. The number of hydrogen-bond donors (Lipinski definition) is 0. The van der Waals surface area contributed by atoms with Crippen molar-refractivity contribution in [3.05, 3.63) is 0 Å². The van der Waals surface area contributed by atoms with Crippen molar-refractivity contribution in [2.45, 2.75) is 25.1 Å². The minimum Gasteiger partial charge on any atom is -0.298 e. The van der Waals surface area contributed by atoms with Gasteiger partial charge in [0.1, 0.15) is 6.04 Å². The normalized spacial score (nSPS) is 25.3. The van der Waals surface area contributed by atoms with Crippen LogP contribution in [0.4, 0.5) is 13.2 Å². The Kier molecular flexibility index (Phi) is 1.94. The minimum atomic E-state index is -4.24. The van der Waals surface area contributed by atoms with Gasteiger partial charge < -0.3 is 0 Å². The van der Waals surface area contributed by atoms with Crippen LogP contribution in [0.5, 0.6) is 0 Å². The molecule has 0 aromatic carbocycles. The molecular formula is C6H7F3N2. The molecule has 0 spiro atoms. The van der Waals surface area contributed by atoms with Crippen LogP contribution in [-0.2, 0) is 0 Å². The van der Waals surface area contributed by atoms with Crippen molar-refractivity contribution in [1.82, 2.24) is 4.90 Å². The topological polar surface area (TPSA) is 27.0 Å². The van der Waals surface area contributed by atoms with Gasteiger partial charge in [-0.25, -0.2) is 0 Å². The molecule has 1 atom stereocenters. The summed E-state index contributed by atoms with van der Waals surface area (Å²) in [5.41, 5.74) is 0. The lowest BCUT2D eigenvalue weighted by atomic mass is 10.2. The Morgan fingerprint density at radius 2 is 2.09 bits per heavy atom. The maximum atomic E-state index is 12.0. The molecule has 2 nitrogen and oxygen atoms in total. The zero-order valence-corrected chi connectivity index (χ0v) is 5.73. The predicted octanol–water partition coefficient (Wildman–Crippen LogP) is 1.49. The van der Waals surface area contributed by atoms with Crippen LogP contribution in [0.2, 0.25) is 0 Å². The highest BCUT2D eigenvalue weighted by atomic mass is 19.4. The second kappa shape index (κ2) is 2.61. The first-order valence-corrected chi connectivity index (χ1v) is 3.29. The minimum absolute atomic E-state index is 0.0526. The highest BCUT2D eigenvalue weighted by molar-refractivity contribution is 4.91. The summed E-state index contributed by atoms with van der Waals surface area (Å²) in [6.07, 6.45) is -2.20. The zero-order valence-electron chi connectivity index (χ0n) is 5.73. The van der Waals surface area contributed by atoms with Gasteiger partial charge in [0, 0.05) is 6.54 Å². The average Bonchev–Trinajstić information content (AvgIpc) is 2.31. The molecule has 0 saturated carbocycles. The first-order valence-electron chi connectivity index (χ1n) is 3.29. The van der Waals surface area contributed by atoms with Crippen LogP contribution in [0.3, 0.4) is 0 Å². The molecule has 0 amide bonds. The molecule has 1 fully saturated rings. The third-order valence-corrected chi connectivity index (χ3v) is 1.76. The molecule has 0 aliphatic carbocycles. The third-order valence-electron chi connectivity index (χ3n) is 1.76. The van der Waals surface area contributed by atoms with Crippen molar-refractivity contribution in [1.29, 1.82) is 5.26 Å². The molecule has 1 aliphatic heterocycles. The van der Waals surface area contributed by atoms with E-state index >= 15 is 0 Å². The first-order chi connectivity index (χ1) is 5.05. The van der Waals surface area contributed by atoms with Gasteiger partial charge in [-0.2, -0.15) is 18.4 Å². The Bertz CT molecular complexity index is 181. The van der Waals surface area contributed by atoms with Crippen LogP contribution in [0.15, 0.2) is 0 Å². The van der Waals surface area contributed by atoms with Crippen molar-refractivity contribution in [3.8, 4) is 6.19 Å². The predicted molar refractivity (Wildman–Crippen MR) is 31.4 cm³/mol. The number of hydrogen-bond acceptors (Lipinski definition) is 2. The molecule has 1 saturated heterocycles. The van der Waals surface area contributed by atoms with E-state index < -0.39 is 12.2 Å². The van der Waals surface area contributed by atoms with Gasteiger partial charge in [0.25, 0.3) is 0 Å². The molecule has 11 heavy (non-hydrogen) atoms. The largest absolute Gasteiger partial charge is 0.409 e. The molecular weight excluding hydrogens is 157 g/mol. The van der Waals surface area contributed by atoms with Gasteiger partial charge in [0.2, 0.25) is 0 Å². The maximum Gasteiger partial charge on any atom is 0.409 e. The van der Waals surface area contributed by atoms with Crippen LogP contribution < -0.4 is 0 Å². The van der Waals surface area contributed by atoms with Gasteiger partial charge in [0.05, 0.1) is 0 Å². The highest BCUT2D eigenvalue weighted by Crippen LogP contribution is 2.31. The number of rotatable bonds is 0. The van der Waals surface area contributed by atoms with E-state index in [1.54, 1.807) is 0 Å². The highest BCUT2D eigenvalue weighted by Gasteiger charge is 2.45. The van der Waals surface area contributed by atoms with Crippen molar-refractivity contribution in [3.63, 3.8) is 0 Å². The van der Waals surface area contributed by atoms with Crippen molar-refractivity contribution >= 4 is 0 Å². The number of halogens is 3. The van der Waals surface area contributed by atoms with Gasteiger partial charge >= 0.3 is 6.18 Å². The summed E-state index contributed by atoms with van der Waals surface area (Å²) in [5, 5.41) is 8.28. The summed E-state index contributed by atoms with van der Waals surface area (Å²) < 4.78 is 36.0. The SMILES string of the molecule is N#CN1CCC[C@H]1C(F)(F)F. The van der Waals surface area contributed by atoms with E-state index in [0.717, 1.165) is 4.90 Å². The fourth-order valence-corrected chi connectivity index (χ4v) is 1.23. The van der Waals surface area contributed by atoms with Crippen LogP contribution >= 0.6 is 0 Å². The van der Waals surface area contributed by atoms with Crippen molar-refractivity contribution < 1.29 is 13.2 Å². The maximum absolute atomic E-state index is 12.0. The van der Waals surface area contributed by atoms with Gasteiger partial charge in [0.15, 0.2) is 6.19 Å². The lowest BCUT2D eigenvalue weighted by Gasteiger charge is -2.20. The first kappa shape index (κ1) is 8.18. The van der Waals surface area contributed by atoms with Crippen LogP contribution in [0.1, 0.15) is 12.8 Å². The van der Waals surface area contributed by atoms with Crippen molar-refractivity contribution in [2.24, 2.45) is 0 Å². The van der Waals surface area contributed by atoms with E-state index in [1.807, 2.05) is 0 Å². The third kappa shape index (κ3) is 1.56. The molecule has 0 unspecified atom stereocenters. The summed E-state index contributed by atoms with van der Waals surface area (Å²) in [6.45, 7) is 0.237. The fraction of sp³-hybridized carbons (Fsp3) is 0.833. The zero-order chi connectivity index (χ0) is 8.48. The van der Waals surface area contributed by atoms with Gasteiger partial charge in [-0.1, -0.05) is 0 Å². The molecule has 5 heteroatoms. The van der Waals surface area contributed by atoms with Gasteiger partial charge in [-0.05, 0) is 12.8 Å². The van der Waals surface area contributed by atoms with E-state index in [1.165, 1.54) is 6.19 Å². The van der Waals surface area contributed by atoms with E-state index in [2.05, 4.69) is 0 Å². The number of nitrogens with zero attached hydrogens (tertiary/aromatic N) is 2. The fourth-order valence-electron chi connectivity index (χ4n) is 1.23. The Labute approximate surface area is 62.2 Å². The molecule has 0 N–H and O–H groups in total. The van der Waals surface area contributed by atoms with Crippen LogP contribution in [0.25, 0.3) is 0 Å². The summed E-state index contributed by atoms with van der Waals surface area (Å²) in [5.74, 6) is 0. The Hall–Kier alpha value is -0.920. The monoisotopic (exact) mass is 164 g/mol. The number of likely N-dealkylation sites (tertiary alicyclic amines) is 1. The van der Waals surface area contributed by atoms with Gasteiger partial charge in [-0.15, -0.1) is 0 Å². The molecule has 1 heterocycles. The molecule has 0 aromatic rings. The Morgan fingerprint density at radius 3 is 2.45 bits per heavy atom. The average molecular weight is 164 g/mol. The number of alkyl halides is 3. The van der Waals surface area contributed by atoms with E-state index in [0.29, 0.717) is 6.42 Å². The van der Waals surface area contributed by atoms with E-state index in [-0.39, 0.29) is 13.0 Å². The standard InChI is InChI=1S/C6H7F3N2/c7-6(8,9)5-2-1-3-11(5)4-10/h5H,1-3H2/t5-/m0/s1.